The number of hydrogen-bond donors (Lipinski definition) is 1. The second-order valence-electron chi connectivity index (χ2n) is 4.64. The lowest BCUT2D eigenvalue weighted by Crippen LogP contribution is -2.34. The van der Waals surface area contributed by atoms with Crippen molar-refractivity contribution in [3.8, 4) is 0 Å². The van der Waals surface area contributed by atoms with E-state index in [0.29, 0.717) is 16.9 Å². The molecule has 0 spiro atoms. The van der Waals surface area contributed by atoms with E-state index in [2.05, 4.69) is 10.3 Å². The Balaban J connectivity index is 1.75. The number of rotatable bonds is 3. The van der Waals surface area contributed by atoms with E-state index in [9.17, 15) is 9.59 Å². The van der Waals surface area contributed by atoms with Crippen molar-refractivity contribution in [2.45, 2.75) is 6.92 Å². The summed E-state index contributed by atoms with van der Waals surface area (Å²) in [6.45, 7) is 2.06. The van der Waals surface area contributed by atoms with Crippen LogP contribution in [0.4, 0.5) is 5.82 Å². The molecule has 1 aliphatic rings. The molecular formula is C15H13N3O2. The molecule has 1 aromatic heterocycles. The Morgan fingerprint density at radius 3 is 2.25 bits per heavy atom. The summed E-state index contributed by atoms with van der Waals surface area (Å²) in [6.07, 6.45) is 1.73. The molecule has 2 amide bonds. The van der Waals surface area contributed by atoms with Crippen molar-refractivity contribution >= 4 is 17.6 Å². The van der Waals surface area contributed by atoms with Crippen LogP contribution < -0.4 is 5.32 Å². The molecule has 2 aromatic rings. The average Bonchev–Trinajstić information content (AvgIpc) is 2.71. The number of imide groups is 1. The fraction of sp³-hybridized carbons (Fsp3) is 0.133. The molecule has 3 rings (SSSR count). The molecular weight excluding hydrogens is 254 g/mol. The fourth-order valence-electron chi connectivity index (χ4n) is 2.12. The van der Waals surface area contributed by atoms with Crippen LogP contribution in [0.2, 0.25) is 0 Å². The zero-order chi connectivity index (χ0) is 14.1. The van der Waals surface area contributed by atoms with E-state index in [-0.39, 0.29) is 18.5 Å². The van der Waals surface area contributed by atoms with Crippen molar-refractivity contribution in [2.24, 2.45) is 0 Å². The molecule has 5 nitrogen and oxygen atoms in total. The maximum absolute atomic E-state index is 12.1. The third-order valence-corrected chi connectivity index (χ3v) is 3.21. The molecule has 0 saturated heterocycles. The molecule has 5 heteroatoms. The van der Waals surface area contributed by atoms with E-state index in [1.807, 2.05) is 19.1 Å². The largest absolute Gasteiger partial charge is 0.352 e. The second-order valence-corrected chi connectivity index (χ2v) is 4.64. The fourth-order valence-corrected chi connectivity index (χ4v) is 2.12. The van der Waals surface area contributed by atoms with Gasteiger partial charge >= 0.3 is 0 Å². The van der Waals surface area contributed by atoms with Crippen molar-refractivity contribution < 1.29 is 9.59 Å². The molecule has 0 unspecified atom stereocenters. The van der Waals surface area contributed by atoms with Gasteiger partial charge in [0, 0.05) is 6.20 Å². The third-order valence-electron chi connectivity index (χ3n) is 3.21. The van der Waals surface area contributed by atoms with Crippen molar-refractivity contribution in [2.75, 3.05) is 12.0 Å². The quantitative estimate of drug-likeness (QED) is 0.865. The number of aryl methyl sites for hydroxylation is 1. The van der Waals surface area contributed by atoms with E-state index in [4.69, 9.17) is 0 Å². The van der Waals surface area contributed by atoms with Crippen LogP contribution >= 0.6 is 0 Å². The highest BCUT2D eigenvalue weighted by atomic mass is 16.2. The van der Waals surface area contributed by atoms with Gasteiger partial charge in [-0.2, -0.15) is 0 Å². The summed E-state index contributed by atoms with van der Waals surface area (Å²) >= 11 is 0. The minimum atomic E-state index is -0.273. The van der Waals surface area contributed by atoms with Gasteiger partial charge in [-0.25, -0.2) is 4.98 Å². The first-order valence-corrected chi connectivity index (χ1v) is 6.28. The molecule has 1 aromatic carbocycles. The summed E-state index contributed by atoms with van der Waals surface area (Å²) in [7, 11) is 0. The Morgan fingerprint density at radius 1 is 1.05 bits per heavy atom. The van der Waals surface area contributed by atoms with E-state index in [0.717, 1.165) is 5.56 Å². The first kappa shape index (κ1) is 12.3. The van der Waals surface area contributed by atoms with Crippen LogP contribution in [-0.2, 0) is 0 Å². The number of nitrogens with one attached hydrogen (secondary N) is 1. The number of amides is 2. The average molecular weight is 267 g/mol. The lowest BCUT2D eigenvalue weighted by Gasteiger charge is -2.15. The standard InChI is InChI=1S/C15H13N3O2/c1-10-6-7-13(16-8-10)17-9-18-14(19)11-4-2-3-5-12(11)15(18)20/h2-8H,9H2,1H3,(H,16,17). The molecule has 0 aliphatic carbocycles. The van der Waals surface area contributed by atoms with Gasteiger partial charge in [0.2, 0.25) is 0 Å². The number of benzene rings is 1. The van der Waals surface area contributed by atoms with Crippen molar-refractivity contribution in [1.82, 2.24) is 9.88 Å². The van der Waals surface area contributed by atoms with Crippen LogP contribution in [-0.4, -0.2) is 28.4 Å². The topological polar surface area (TPSA) is 62.3 Å². The van der Waals surface area contributed by atoms with Crippen LogP contribution in [0.25, 0.3) is 0 Å². The molecule has 1 N–H and O–H groups in total. The number of nitrogens with zero attached hydrogens (tertiary/aromatic N) is 2. The summed E-state index contributed by atoms with van der Waals surface area (Å²) < 4.78 is 0. The first-order valence-electron chi connectivity index (χ1n) is 6.28. The monoisotopic (exact) mass is 267 g/mol. The van der Waals surface area contributed by atoms with Gasteiger partial charge in [0.15, 0.2) is 0 Å². The predicted molar refractivity (Wildman–Crippen MR) is 74.4 cm³/mol. The SMILES string of the molecule is Cc1ccc(NCN2C(=O)c3ccccc3C2=O)nc1. The lowest BCUT2D eigenvalue weighted by molar-refractivity contribution is 0.0665. The Morgan fingerprint density at radius 2 is 1.70 bits per heavy atom. The first-order chi connectivity index (χ1) is 9.66. The Kier molecular flexibility index (Phi) is 2.95. The number of pyridine rings is 1. The zero-order valence-electron chi connectivity index (χ0n) is 11.0. The van der Waals surface area contributed by atoms with Gasteiger partial charge in [0.25, 0.3) is 11.8 Å². The highest BCUT2D eigenvalue weighted by Crippen LogP contribution is 2.22. The van der Waals surface area contributed by atoms with Gasteiger partial charge in [-0.15, -0.1) is 0 Å². The van der Waals surface area contributed by atoms with Gasteiger partial charge in [-0.3, -0.25) is 14.5 Å². The molecule has 1 aliphatic heterocycles. The van der Waals surface area contributed by atoms with E-state index < -0.39 is 0 Å². The summed E-state index contributed by atoms with van der Waals surface area (Å²) in [4.78, 5) is 29.6. The minimum Gasteiger partial charge on any atom is -0.352 e. The minimum absolute atomic E-state index is 0.113. The molecule has 20 heavy (non-hydrogen) atoms. The Hall–Kier alpha value is -2.69. The maximum atomic E-state index is 12.1. The number of fused-ring (bicyclic) bond motifs is 1. The highest BCUT2D eigenvalue weighted by Gasteiger charge is 2.34. The number of carbonyl (C=O) groups is 2. The lowest BCUT2D eigenvalue weighted by atomic mass is 10.1. The summed E-state index contributed by atoms with van der Waals surface area (Å²) in [5, 5.41) is 2.98. The van der Waals surface area contributed by atoms with E-state index in [1.54, 1.807) is 30.5 Å². The van der Waals surface area contributed by atoms with Crippen LogP contribution in [0.1, 0.15) is 26.3 Å². The molecule has 0 saturated carbocycles. The molecule has 100 valence electrons. The van der Waals surface area contributed by atoms with Crippen LogP contribution in [0.3, 0.4) is 0 Å². The van der Waals surface area contributed by atoms with Gasteiger partial charge < -0.3 is 5.32 Å². The molecule has 2 heterocycles. The van der Waals surface area contributed by atoms with Gasteiger partial charge in [0.05, 0.1) is 17.8 Å². The summed E-state index contributed by atoms with van der Waals surface area (Å²) in [5.41, 5.74) is 1.96. The molecule has 0 atom stereocenters. The normalized spacial score (nSPS) is 13.6. The van der Waals surface area contributed by atoms with Gasteiger partial charge in [0.1, 0.15) is 5.82 Å². The van der Waals surface area contributed by atoms with Crippen molar-refractivity contribution in [3.63, 3.8) is 0 Å². The number of hydrogen-bond acceptors (Lipinski definition) is 4. The molecule has 0 radical (unpaired) electrons. The third kappa shape index (κ3) is 2.03. The number of carbonyl (C=O) groups excluding carboxylic acids is 2. The maximum Gasteiger partial charge on any atom is 0.263 e. The van der Waals surface area contributed by atoms with Gasteiger partial charge in [-0.05, 0) is 30.7 Å². The predicted octanol–water partition coefficient (Wildman–Crippen LogP) is 2.06. The number of aromatic nitrogens is 1. The van der Waals surface area contributed by atoms with Crippen molar-refractivity contribution in [1.29, 1.82) is 0 Å². The Bertz CT molecular complexity index is 645. The van der Waals surface area contributed by atoms with E-state index in [1.165, 1.54) is 4.90 Å². The van der Waals surface area contributed by atoms with Crippen LogP contribution in [0.15, 0.2) is 42.6 Å². The van der Waals surface area contributed by atoms with Crippen LogP contribution in [0.5, 0.6) is 0 Å². The Labute approximate surface area is 116 Å². The summed E-state index contributed by atoms with van der Waals surface area (Å²) in [5.74, 6) is 0.0857. The van der Waals surface area contributed by atoms with E-state index >= 15 is 0 Å². The molecule has 0 fully saturated rings. The number of anilines is 1. The second kappa shape index (κ2) is 4.77. The van der Waals surface area contributed by atoms with Gasteiger partial charge in [-0.1, -0.05) is 18.2 Å². The van der Waals surface area contributed by atoms with Crippen molar-refractivity contribution in [3.05, 3.63) is 59.3 Å². The van der Waals surface area contributed by atoms with Crippen LogP contribution in [0, 0.1) is 6.92 Å². The molecule has 0 bridgehead atoms. The highest BCUT2D eigenvalue weighted by molar-refractivity contribution is 6.21. The smallest absolute Gasteiger partial charge is 0.263 e. The summed E-state index contributed by atoms with van der Waals surface area (Å²) in [6, 6.07) is 10.6. The zero-order valence-corrected chi connectivity index (χ0v) is 11.0.